The van der Waals surface area contributed by atoms with Crippen molar-refractivity contribution in [2.24, 2.45) is 0 Å². The van der Waals surface area contributed by atoms with Crippen molar-refractivity contribution in [2.45, 2.75) is 25.8 Å². The van der Waals surface area contributed by atoms with E-state index < -0.39 is 0 Å². The second-order valence-corrected chi connectivity index (χ2v) is 7.12. The maximum absolute atomic E-state index is 12.3. The standard InChI is InChI=1S/C16H22BrClN2O/c1-12-11-19(2)7-3-8-20(12)9-6-16(21)14-5-4-13(17)10-15(14)18/h4-5,10,12H,3,6-9,11H2,1-2H3. The van der Waals surface area contributed by atoms with Crippen LogP contribution in [0.2, 0.25) is 5.02 Å². The zero-order valence-electron chi connectivity index (χ0n) is 12.6. The average molecular weight is 374 g/mol. The van der Waals surface area contributed by atoms with Crippen LogP contribution < -0.4 is 0 Å². The third-order valence-electron chi connectivity index (χ3n) is 4.04. The van der Waals surface area contributed by atoms with E-state index in [9.17, 15) is 4.79 Å². The van der Waals surface area contributed by atoms with Gasteiger partial charge in [0.2, 0.25) is 0 Å². The van der Waals surface area contributed by atoms with Gasteiger partial charge in [-0.05, 0) is 51.7 Å². The molecule has 0 radical (unpaired) electrons. The summed E-state index contributed by atoms with van der Waals surface area (Å²) in [7, 11) is 2.16. The van der Waals surface area contributed by atoms with Gasteiger partial charge in [0.1, 0.15) is 0 Å². The van der Waals surface area contributed by atoms with Crippen molar-refractivity contribution in [2.75, 3.05) is 33.2 Å². The molecule has 1 unspecified atom stereocenters. The Bertz CT molecular complexity index is 509. The molecular weight excluding hydrogens is 352 g/mol. The van der Waals surface area contributed by atoms with E-state index in [1.54, 1.807) is 12.1 Å². The molecule has 0 aromatic heterocycles. The van der Waals surface area contributed by atoms with Gasteiger partial charge >= 0.3 is 0 Å². The highest BCUT2D eigenvalue weighted by molar-refractivity contribution is 9.10. The molecular formula is C16H22BrClN2O. The van der Waals surface area contributed by atoms with E-state index in [-0.39, 0.29) is 5.78 Å². The first-order chi connectivity index (χ1) is 9.97. The van der Waals surface area contributed by atoms with Crippen LogP contribution in [0, 0.1) is 0 Å². The zero-order chi connectivity index (χ0) is 15.4. The third-order valence-corrected chi connectivity index (χ3v) is 4.85. The molecule has 0 amide bonds. The molecule has 1 aromatic carbocycles. The quantitative estimate of drug-likeness (QED) is 0.752. The highest BCUT2D eigenvalue weighted by atomic mass is 79.9. The summed E-state index contributed by atoms with van der Waals surface area (Å²) in [5.74, 6) is 0.123. The van der Waals surface area contributed by atoms with Gasteiger partial charge in [0.15, 0.2) is 5.78 Å². The smallest absolute Gasteiger partial charge is 0.165 e. The number of nitrogens with zero attached hydrogens (tertiary/aromatic N) is 2. The Labute approximate surface area is 140 Å². The summed E-state index contributed by atoms with van der Waals surface area (Å²) in [6, 6.07) is 5.93. The molecule has 3 nitrogen and oxygen atoms in total. The van der Waals surface area contributed by atoms with Crippen LogP contribution in [0.3, 0.4) is 0 Å². The number of rotatable bonds is 4. The van der Waals surface area contributed by atoms with E-state index in [4.69, 9.17) is 11.6 Å². The van der Waals surface area contributed by atoms with Crippen LogP contribution in [0.5, 0.6) is 0 Å². The van der Waals surface area contributed by atoms with Crippen molar-refractivity contribution in [1.29, 1.82) is 0 Å². The van der Waals surface area contributed by atoms with Crippen molar-refractivity contribution in [3.63, 3.8) is 0 Å². The van der Waals surface area contributed by atoms with E-state index in [0.29, 0.717) is 23.0 Å². The maximum atomic E-state index is 12.3. The van der Waals surface area contributed by atoms with Crippen molar-refractivity contribution in [1.82, 2.24) is 9.80 Å². The summed E-state index contributed by atoms with van der Waals surface area (Å²) in [5, 5.41) is 0.526. The summed E-state index contributed by atoms with van der Waals surface area (Å²) in [6.45, 7) is 6.30. The lowest BCUT2D eigenvalue weighted by Crippen LogP contribution is -2.39. The lowest BCUT2D eigenvalue weighted by Gasteiger charge is -2.27. The molecule has 1 fully saturated rings. The molecule has 0 bridgehead atoms. The van der Waals surface area contributed by atoms with Crippen LogP contribution in [0.4, 0.5) is 0 Å². The fourth-order valence-electron chi connectivity index (χ4n) is 2.85. The number of halogens is 2. The minimum atomic E-state index is 0.123. The van der Waals surface area contributed by atoms with E-state index >= 15 is 0 Å². The minimum absolute atomic E-state index is 0.123. The van der Waals surface area contributed by atoms with Gasteiger partial charge in [0.05, 0.1) is 5.02 Å². The molecule has 5 heteroatoms. The predicted octanol–water partition coefficient (Wildman–Crippen LogP) is 3.70. The topological polar surface area (TPSA) is 23.6 Å². The Morgan fingerprint density at radius 2 is 2.19 bits per heavy atom. The Morgan fingerprint density at radius 3 is 2.90 bits per heavy atom. The SMILES string of the molecule is CC1CN(C)CCCN1CCC(=O)c1ccc(Br)cc1Cl. The molecule has 1 aliphatic rings. The second kappa shape index (κ2) is 7.73. The van der Waals surface area contributed by atoms with Gasteiger partial charge in [-0.3, -0.25) is 9.69 Å². The van der Waals surface area contributed by atoms with E-state index in [1.807, 2.05) is 6.07 Å². The van der Waals surface area contributed by atoms with Gasteiger partial charge < -0.3 is 4.90 Å². The summed E-state index contributed by atoms with van der Waals surface area (Å²) >= 11 is 9.51. The normalized spacial score (nSPS) is 21.2. The van der Waals surface area contributed by atoms with Crippen LogP contribution >= 0.6 is 27.5 Å². The first-order valence-corrected chi connectivity index (χ1v) is 8.55. The van der Waals surface area contributed by atoms with Gasteiger partial charge in [-0.1, -0.05) is 27.5 Å². The largest absolute Gasteiger partial charge is 0.305 e. The molecule has 1 aliphatic heterocycles. The van der Waals surface area contributed by atoms with Gasteiger partial charge in [-0.15, -0.1) is 0 Å². The Morgan fingerprint density at radius 1 is 1.43 bits per heavy atom. The molecule has 21 heavy (non-hydrogen) atoms. The minimum Gasteiger partial charge on any atom is -0.305 e. The average Bonchev–Trinajstić information content (AvgIpc) is 2.57. The van der Waals surface area contributed by atoms with E-state index in [1.165, 1.54) is 0 Å². The van der Waals surface area contributed by atoms with Gasteiger partial charge in [0, 0.05) is 35.6 Å². The first-order valence-electron chi connectivity index (χ1n) is 7.38. The number of hydrogen-bond donors (Lipinski definition) is 0. The number of benzene rings is 1. The number of carbonyl (C=O) groups is 1. The van der Waals surface area contributed by atoms with Crippen molar-refractivity contribution < 1.29 is 4.79 Å². The van der Waals surface area contributed by atoms with Crippen molar-refractivity contribution in [3.8, 4) is 0 Å². The third kappa shape index (κ3) is 4.78. The first kappa shape index (κ1) is 16.9. The molecule has 1 saturated heterocycles. The molecule has 0 saturated carbocycles. The Kier molecular flexibility index (Phi) is 6.23. The number of Topliss-reactive ketones (excluding diaryl/α,β-unsaturated/α-hetero) is 1. The molecule has 1 aromatic rings. The van der Waals surface area contributed by atoms with Gasteiger partial charge in [-0.2, -0.15) is 0 Å². The summed E-state index contributed by atoms with van der Waals surface area (Å²) < 4.78 is 0.897. The molecule has 116 valence electrons. The zero-order valence-corrected chi connectivity index (χ0v) is 15.0. The molecule has 2 rings (SSSR count). The van der Waals surface area contributed by atoms with E-state index in [0.717, 1.165) is 37.1 Å². The summed E-state index contributed by atoms with van der Waals surface area (Å²) in [4.78, 5) is 17.1. The predicted molar refractivity (Wildman–Crippen MR) is 91.2 cm³/mol. The fourth-order valence-corrected chi connectivity index (χ4v) is 3.63. The maximum Gasteiger partial charge on any atom is 0.165 e. The van der Waals surface area contributed by atoms with E-state index in [2.05, 4.69) is 39.7 Å². The van der Waals surface area contributed by atoms with Crippen LogP contribution in [0.1, 0.15) is 30.1 Å². The van der Waals surface area contributed by atoms with Crippen molar-refractivity contribution in [3.05, 3.63) is 33.3 Å². The highest BCUT2D eigenvalue weighted by Gasteiger charge is 2.20. The molecule has 0 aliphatic carbocycles. The van der Waals surface area contributed by atoms with Crippen LogP contribution in [-0.4, -0.2) is 54.9 Å². The number of likely N-dealkylation sites (N-methyl/N-ethyl adjacent to an activating group) is 1. The summed E-state index contributed by atoms with van der Waals surface area (Å²) in [6.07, 6.45) is 1.68. The van der Waals surface area contributed by atoms with Crippen LogP contribution in [-0.2, 0) is 0 Å². The van der Waals surface area contributed by atoms with Gasteiger partial charge in [0.25, 0.3) is 0 Å². The molecule has 1 heterocycles. The van der Waals surface area contributed by atoms with Gasteiger partial charge in [-0.25, -0.2) is 0 Å². The molecule has 1 atom stereocenters. The number of carbonyl (C=O) groups excluding carboxylic acids is 1. The number of ketones is 1. The highest BCUT2D eigenvalue weighted by Crippen LogP contribution is 2.22. The monoisotopic (exact) mass is 372 g/mol. The lowest BCUT2D eigenvalue weighted by atomic mass is 10.1. The lowest BCUT2D eigenvalue weighted by molar-refractivity contribution is 0.0953. The fraction of sp³-hybridized carbons (Fsp3) is 0.562. The molecule has 0 N–H and O–H groups in total. The summed E-state index contributed by atoms with van der Waals surface area (Å²) in [5.41, 5.74) is 0.624. The van der Waals surface area contributed by atoms with Crippen LogP contribution in [0.15, 0.2) is 22.7 Å². The number of hydrogen-bond acceptors (Lipinski definition) is 3. The second-order valence-electron chi connectivity index (χ2n) is 5.80. The Hall–Kier alpha value is -0.420. The Balaban J connectivity index is 1.94. The van der Waals surface area contributed by atoms with Crippen LogP contribution in [0.25, 0.3) is 0 Å². The van der Waals surface area contributed by atoms with Crippen molar-refractivity contribution >= 4 is 33.3 Å². The molecule has 0 spiro atoms.